The number of carbonyl (C=O) groups excluding carboxylic acids is 1. The summed E-state index contributed by atoms with van der Waals surface area (Å²) < 4.78 is 37.9. The van der Waals surface area contributed by atoms with Crippen molar-refractivity contribution in [2.75, 3.05) is 18.7 Å². The number of piperidine rings is 1. The third-order valence-corrected chi connectivity index (χ3v) is 6.67. The fourth-order valence-electron chi connectivity index (χ4n) is 3.38. The fraction of sp³-hybridized carbons (Fsp3) is 0.316. The molecule has 27 heavy (non-hydrogen) atoms. The topological polar surface area (TPSA) is 84.9 Å². The maximum absolute atomic E-state index is 13.0. The van der Waals surface area contributed by atoms with E-state index in [1.54, 1.807) is 48.5 Å². The Morgan fingerprint density at radius 1 is 1.04 bits per heavy atom. The first-order valence-electron chi connectivity index (χ1n) is 8.83. The lowest BCUT2D eigenvalue weighted by atomic mass is 10.0. The van der Waals surface area contributed by atoms with Gasteiger partial charge in [-0.3, -0.25) is 4.79 Å². The Labute approximate surface area is 157 Å². The molecule has 1 amide bonds. The highest BCUT2D eigenvalue weighted by atomic mass is 32.2. The summed E-state index contributed by atoms with van der Waals surface area (Å²) >= 11 is 0. The number of ether oxygens (including phenoxy) is 2. The van der Waals surface area contributed by atoms with Crippen molar-refractivity contribution < 1.29 is 22.7 Å². The van der Waals surface area contributed by atoms with E-state index in [1.165, 1.54) is 4.31 Å². The Morgan fingerprint density at radius 2 is 1.81 bits per heavy atom. The van der Waals surface area contributed by atoms with Crippen LogP contribution in [0.25, 0.3) is 0 Å². The minimum Gasteiger partial charge on any atom is -0.454 e. The molecule has 1 fully saturated rings. The second kappa shape index (κ2) is 7.21. The van der Waals surface area contributed by atoms with Crippen LogP contribution in [-0.4, -0.2) is 38.0 Å². The van der Waals surface area contributed by atoms with Crippen molar-refractivity contribution in [2.24, 2.45) is 0 Å². The number of hydrogen-bond donors (Lipinski definition) is 1. The first kappa shape index (κ1) is 17.8. The first-order chi connectivity index (χ1) is 13.1. The average molecular weight is 388 g/mol. The van der Waals surface area contributed by atoms with Crippen LogP contribution in [0.1, 0.15) is 19.3 Å². The highest BCUT2D eigenvalue weighted by Gasteiger charge is 2.37. The SMILES string of the molecule is O=C(Nc1ccc2c(c1)OCO2)[C@H]1CCCCN1S(=O)(=O)c1ccccc1. The summed E-state index contributed by atoms with van der Waals surface area (Å²) in [5.74, 6) is 0.845. The Kier molecular flexibility index (Phi) is 4.75. The summed E-state index contributed by atoms with van der Waals surface area (Å²) in [4.78, 5) is 13.1. The van der Waals surface area contributed by atoms with Crippen molar-refractivity contribution >= 4 is 21.6 Å². The summed E-state index contributed by atoms with van der Waals surface area (Å²) in [6.45, 7) is 0.481. The van der Waals surface area contributed by atoms with Crippen LogP contribution in [-0.2, 0) is 14.8 Å². The lowest BCUT2D eigenvalue weighted by molar-refractivity contribution is -0.120. The molecule has 142 valence electrons. The van der Waals surface area contributed by atoms with Gasteiger partial charge in [0.25, 0.3) is 0 Å². The summed E-state index contributed by atoms with van der Waals surface area (Å²) in [5, 5.41) is 2.81. The van der Waals surface area contributed by atoms with Gasteiger partial charge in [0.05, 0.1) is 4.90 Å². The number of fused-ring (bicyclic) bond motifs is 1. The van der Waals surface area contributed by atoms with Crippen molar-refractivity contribution in [1.82, 2.24) is 4.31 Å². The maximum Gasteiger partial charge on any atom is 0.243 e. The molecule has 1 saturated heterocycles. The van der Waals surface area contributed by atoms with Crippen molar-refractivity contribution in [3.63, 3.8) is 0 Å². The van der Waals surface area contributed by atoms with Crippen LogP contribution in [0.4, 0.5) is 5.69 Å². The molecule has 1 atom stereocenters. The number of amides is 1. The Hall–Kier alpha value is -2.58. The van der Waals surface area contributed by atoms with E-state index in [9.17, 15) is 13.2 Å². The van der Waals surface area contributed by atoms with Crippen LogP contribution in [0.5, 0.6) is 11.5 Å². The molecule has 2 aromatic carbocycles. The van der Waals surface area contributed by atoms with Gasteiger partial charge in [0.2, 0.25) is 22.7 Å². The predicted molar refractivity (Wildman–Crippen MR) is 99.2 cm³/mol. The van der Waals surface area contributed by atoms with Crippen LogP contribution in [0.3, 0.4) is 0 Å². The molecule has 0 saturated carbocycles. The van der Waals surface area contributed by atoms with Crippen molar-refractivity contribution in [3.8, 4) is 11.5 Å². The molecule has 8 heteroatoms. The maximum atomic E-state index is 13.0. The third-order valence-electron chi connectivity index (χ3n) is 4.75. The molecule has 7 nitrogen and oxygen atoms in total. The molecule has 0 radical (unpaired) electrons. The number of nitrogens with one attached hydrogen (secondary N) is 1. The number of anilines is 1. The zero-order valence-corrected chi connectivity index (χ0v) is 15.4. The molecule has 0 bridgehead atoms. The smallest absolute Gasteiger partial charge is 0.243 e. The van der Waals surface area contributed by atoms with E-state index in [2.05, 4.69) is 5.32 Å². The van der Waals surface area contributed by atoms with Crippen LogP contribution < -0.4 is 14.8 Å². The van der Waals surface area contributed by atoms with Gasteiger partial charge >= 0.3 is 0 Å². The van der Waals surface area contributed by atoms with E-state index in [4.69, 9.17) is 9.47 Å². The molecule has 4 rings (SSSR count). The molecule has 0 aliphatic carbocycles. The van der Waals surface area contributed by atoms with Gasteiger partial charge in [-0.25, -0.2) is 8.42 Å². The number of benzene rings is 2. The van der Waals surface area contributed by atoms with E-state index in [0.29, 0.717) is 30.2 Å². The quantitative estimate of drug-likeness (QED) is 0.870. The largest absolute Gasteiger partial charge is 0.454 e. The predicted octanol–water partition coefficient (Wildman–Crippen LogP) is 2.60. The number of nitrogens with zero attached hydrogens (tertiary/aromatic N) is 1. The standard InChI is InChI=1S/C19H20N2O5S/c22-19(20-14-9-10-17-18(12-14)26-13-25-17)16-8-4-5-11-21(16)27(23,24)15-6-2-1-3-7-15/h1-3,6-7,9-10,12,16H,4-5,8,11,13H2,(H,20,22)/t16-/m1/s1. The second-order valence-corrected chi connectivity index (χ2v) is 8.39. The van der Waals surface area contributed by atoms with Gasteiger partial charge in [0, 0.05) is 18.3 Å². The molecular weight excluding hydrogens is 368 g/mol. The van der Waals surface area contributed by atoms with E-state index < -0.39 is 16.1 Å². The fourth-order valence-corrected chi connectivity index (χ4v) is 5.06. The highest BCUT2D eigenvalue weighted by molar-refractivity contribution is 7.89. The van der Waals surface area contributed by atoms with Crippen LogP contribution >= 0.6 is 0 Å². The molecule has 2 aliphatic heterocycles. The van der Waals surface area contributed by atoms with Crippen molar-refractivity contribution in [3.05, 3.63) is 48.5 Å². The van der Waals surface area contributed by atoms with E-state index in [0.717, 1.165) is 12.8 Å². The Bertz CT molecular complexity index is 946. The van der Waals surface area contributed by atoms with Gasteiger partial charge in [-0.2, -0.15) is 4.31 Å². The van der Waals surface area contributed by atoms with Crippen LogP contribution in [0.15, 0.2) is 53.4 Å². The third kappa shape index (κ3) is 3.50. The van der Waals surface area contributed by atoms with Crippen molar-refractivity contribution in [1.29, 1.82) is 0 Å². The second-order valence-electron chi connectivity index (χ2n) is 6.50. The monoisotopic (exact) mass is 388 g/mol. The number of rotatable bonds is 4. The zero-order valence-electron chi connectivity index (χ0n) is 14.6. The van der Waals surface area contributed by atoms with E-state index in [1.807, 2.05) is 0 Å². The molecular formula is C19H20N2O5S. The van der Waals surface area contributed by atoms with E-state index in [-0.39, 0.29) is 17.6 Å². The Balaban J connectivity index is 1.56. The molecule has 2 heterocycles. The van der Waals surface area contributed by atoms with Gasteiger partial charge in [-0.15, -0.1) is 0 Å². The van der Waals surface area contributed by atoms with Gasteiger partial charge < -0.3 is 14.8 Å². The zero-order chi connectivity index (χ0) is 18.9. The summed E-state index contributed by atoms with van der Waals surface area (Å²) in [6.07, 6.45) is 2.03. The van der Waals surface area contributed by atoms with Gasteiger partial charge in [-0.1, -0.05) is 24.6 Å². The first-order valence-corrected chi connectivity index (χ1v) is 10.3. The minimum atomic E-state index is -3.73. The molecule has 2 aromatic rings. The molecule has 0 unspecified atom stereocenters. The number of hydrogen-bond acceptors (Lipinski definition) is 5. The summed E-state index contributed by atoms with van der Waals surface area (Å²) in [5.41, 5.74) is 0.548. The van der Waals surface area contributed by atoms with Crippen LogP contribution in [0, 0.1) is 0 Å². The number of sulfonamides is 1. The summed E-state index contributed by atoms with van der Waals surface area (Å²) in [6, 6.07) is 12.6. The molecule has 0 aromatic heterocycles. The summed E-state index contributed by atoms with van der Waals surface area (Å²) in [7, 11) is -3.73. The van der Waals surface area contributed by atoms with Gasteiger partial charge in [0.1, 0.15) is 6.04 Å². The van der Waals surface area contributed by atoms with Crippen molar-refractivity contribution in [2.45, 2.75) is 30.2 Å². The minimum absolute atomic E-state index is 0.151. The number of carbonyl (C=O) groups is 1. The van der Waals surface area contributed by atoms with Gasteiger partial charge in [0.15, 0.2) is 11.5 Å². The lowest BCUT2D eigenvalue weighted by Crippen LogP contribution is -2.49. The average Bonchev–Trinajstić information content (AvgIpc) is 3.16. The normalized spacial score (nSPS) is 19.6. The lowest BCUT2D eigenvalue weighted by Gasteiger charge is -2.33. The molecule has 2 aliphatic rings. The molecule has 0 spiro atoms. The van der Waals surface area contributed by atoms with E-state index >= 15 is 0 Å². The van der Waals surface area contributed by atoms with Gasteiger partial charge in [-0.05, 0) is 37.1 Å². The highest BCUT2D eigenvalue weighted by Crippen LogP contribution is 2.34. The van der Waals surface area contributed by atoms with Crippen LogP contribution in [0.2, 0.25) is 0 Å². The molecule has 1 N–H and O–H groups in total. The Morgan fingerprint density at radius 3 is 2.63 bits per heavy atom.